The Bertz CT molecular complexity index is 947. The Balaban J connectivity index is 1.47. The molecule has 3 aromatic rings. The predicted molar refractivity (Wildman–Crippen MR) is 120 cm³/mol. The highest BCUT2D eigenvalue weighted by Gasteiger charge is 2.39. The standard InChI is InChI=1S/C26H27NO4/c28-27-16-24(29-18-21-10-4-1-5-11-21)26(31-20-23-14-8-3-9-15-23)25(17-27)30-19-22-12-6-2-7-13-22/h1-16,24-26H,17-20H2/t24-,25-,26+/m0/s1. The van der Waals surface area contributed by atoms with Crippen molar-refractivity contribution in [1.82, 2.24) is 0 Å². The molecule has 1 aliphatic rings. The van der Waals surface area contributed by atoms with Gasteiger partial charge in [-0.1, -0.05) is 91.0 Å². The summed E-state index contributed by atoms with van der Waals surface area (Å²) < 4.78 is 19.4. The molecule has 0 fully saturated rings. The van der Waals surface area contributed by atoms with Gasteiger partial charge in [-0.05, 0) is 16.7 Å². The molecule has 3 aromatic carbocycles. The first-order valence-electron chi connectivity index (χ1n) is 10.5. The third-order valence-electron chi connectivity index (χ3n) is 5.24. The van der Waals surface area contributed by atoms with Crippen LogP contribution in [0.3, 0.4) is 0 Å². The molecule has 0 N–H and O–H groups in total. The summed E-state index contributed by atoms with van der Waals surface area (Å²) in [5.74, 6) is 0. The zero-order chi connectivity index (χ0) is 21.3. The van der Waals surface area contributed by atoms with Gasteiger partial charge in [0.05, 0.1) is 19.8 Å². The van der Waals surface area contributed by atoms with E-state index in [0.717, 1.165) is 21.4 Å². The van der Waals surface area contributed by atoms with Crippen LogP contribution in [0.2, 0.25) is 0 Å². The fourth-order valence-electron chi connectivity index (χ4n) is 3.60. The molecule has 0 saturated heterocycles. The second-order valence-electron chi connectivity index (χ2n) is 7.61. The minimum absolute atomic E-state index is 0.206. The molecule has 0 radical (unpaired) electrons. The Kier molecular flexibility index (Phi) is 7.45. The van der Waals surface area contributed by atoms with Gasteiger partial charge < -0.3 is 19.4 Å². The first-order chi connectivity index (χ1) is 15.3. The van der Waals surface area contributed by atoms with Gasteiger partial charge in [-0.3, -0.25) is 0 Å². The van der Waals surface area contributed by atoms with E-state index in [4.69, 9.17) is 14.2 Å². The molecule has 160 valence electrons. The molecular formula is C26H27NO4. The van der Waals surface area contributed by atoms with Gasteiger partial charge in [0.15, 0.2) is 18.9 Å². The Labute approximate surface area is 183 Å². The van der Waals surface area contributed by atoms with E-state index in [1.807, 2.05) is 91.0 Å². The number of rotatable bonds is 9. The van der Waals surface area contributed by atoms with E-state index >= 15 is 0 Å². The van der Waals surface area contributed by atoms with Gasteiger partial charge in [0.2, 0.25) is 0 Å². The molecule has 5 nitrogen and oxygen atoms in total. The van der Waals surface area contributed by atoms with E-state index in [1.165, 1.54) is 0 Å². The second kappa shape index (κ2) is 10.9. The summed E-state index contributed by atoms with van der Waals surface area (Å²) in [5.41, 5.74) is 3.16. The van der Waals surface area contributed by atoms with Crippen molar-refractivity contribution >= 4 is 6.21 Å². The van der Waals surface area contributed by atoms with Crippen LogP contribution in [-0.2, 0) is 34.0 Å². The Hall–Kier alpha value is -2.99. The molecule has 5 heteroatoms. The van der Waals surface area contributed by atoms with E-state index in [9.17, 15) is 5.21 Å². The number of ether oxygens (including phenoxy) is 3. The fraction of sp³-hybridized carbons (Fsp3) is 0.269. The number of benzene rings is 3. The van der Waals surface area contributed by atoms with Crippen LogP contribution in [0.5, 0.6) is 0 Å². The van der Waals surface area contributed by atoms with Crippen molar-refractivity contribution in [3.8, 4) is 0 Å². The van der Waals surface area contributed by atoms with Gasteiger partial charge in [-0.2, -0.15) is 0 Å². The highest BCUT2D eigenvalue weighted by molar-refractivity contribution is 5.60. The van der Waals surface area contributed by atoms with Gasteiger partial charge in [0, 0.05) is 0 Å². The maximum Gasteiger partial charge on any atom is 0.182 e. The molecule has 4 rings (SSSR count). The first kappa shape index (κ1) is 21.2. The lowest BCUT2D eigenvalue weighted by molar-refractivity contribution is -0.483. The van der Waals surface area contributed by atoms with Crippen molar-refractivity contribution in [2.75, 3.05) is 6.54 Å². The van der Waals surface area contributed by atoms with Crippen molar-refractivity contribution in [1.29, 1.82) is 0 Å². The summed E-state index contributed by atoms with van der Waals surface area (Å²) in [5, 5.41) is 12.4. The molecule has 0 aliphatic carbocycles. The van der Waals surface area contributed by atoms with Crippen LogP contribution in [-0.4, -0.2) is 35.8 Å². The molecule has 0 bridgehead atoms. The van der Waals surface area contributed by atoms with Gasteiger partial charge in [-0.15, -0.1) is 0 Å². The highest BCUT2D eigenvalue weighted by atomic mass is 16.6. The van der Waals surface area contributed by atoms with E-state index < -0.39 is 18.3 Å². The third kappa shape index (κ3) is 6.25. The smallest absolute Gasteiger partial charge is 0.182 e. The van der Waals surface area contributed by atoms with Gasteiger partial charge in [-0.25, -0.2) is 4.74 Å². The summed E-state index contributed by atoms with van der Waals surface area (Å²) in [6.45, 7) is 1.44. The Morgan fingerprint density at radius 2 is 1.10 bits per heavy atom. The normalized spacial score (nSPS) is 20.9. The summed E-state index contributed by atoms with van der Waals surface area (Å²) in [6, 6.07) is 29.8. The zero-order valence-corrected chi connectivity index (χ0v) is 17.4. The average molecular weight is 418 g/mol. The van der Waals surface area contributed by atoms with Crippen LogP contribution in [0.25, 0.3) is 0 Å². The Morgan fingerprint density at radius 1 is 0.645 bits per heavy atom. The fourth-order valence-corrected chi connectivity index (χ4v) is 3.60. The molecule has 0 aromatic heterocycles. The largest absolute Gasteiger partial charge is 0.624 e. The minimum Gasteiger partial charge on any atom is -0.624 e. The van der Waals surface area contributed by atoms with Crippen LogP contribution in [0.4, 0.5) is 0 Å². The highest BCUT2D eigenvalue weighted by Crippen LogP contribution is 2.20. The van der Waals surface area contributed by atoms with Gasteiger partial charge >= 0.3 is 0 Å². The van der Waals surface area contributed by atoms with Crippen LogP contribution >= 0.6 is 0 Å². The van der Waals surface area contributed by atoms with E-state index in [-0.39, 0.29) is 6.54 Å². The number of hydroxylamine groups is 1. The summed E-state index contributed by atoms with van der Waals surface area (Å²) in [7, 11) is 0. The molecule has 3 atom stereocenters. The van der Waals surface area contributed by atoms with Gasteiger partial charge in [0.25, 0.3) is 0 Å². The molecule has 0 spiro atoms. The monoisotopic (exact) mass is 417 g/mol. The number of hydrogen-bond donors (Lipinski definition) is 0. The molecule has 0 unspecified atom stereocenters. The van der Waals surface area contributed by atoms with Crippen molar-refractivity contribution in [2.24, 2.45) is 0 Å². The SMILES string of the molecule is [O-][N+]1=C[C@H](OCc2ccccc2)[C@@H](OCc2ccccc2)[C@@H](OCc2ccccc2)C1. The van der Waals surface area contributed by atoms with Crippen LogP contribution in [0.15, 0.2) is 91.0 Å². The lowest BCUT2D eigenvalue weighted by atomic mass is 10.0. The maximum absolute atomic E-state index is 12.4. The summed E-state index contributed by atoms with van der Waals surface area (Å²) in [6.07, 6.45) is 0.252. The predicted octanol–water partition coefficient (Wildman–Crippen LogP) is 4.34. The minimum atomic E-state index is -0.504. The van der Waals surface area contributed by atoms with Crippen molar-refractivity contribution in [3.63, 3.8) is 0 Å². The molecule has 0 saturated carbocycles. The molecular weight excluding hydrogens is 390 g/mol. The van der Waals surface area contributed by atoms with Crippen LogP contribution in [0, 0.1) is 5.21 Å². The summed E-state index contributed by atoms with van der Waals surface area (Å²) in [4.78, 5) is 0. The number of nitrogens with zero attached hydrogens (tertiary/aromatic N) is 1. The third-order valence-corrected chi connectivity index (χ3v) is 5.24. The topological polar surface area (TPSA) is 53.8 Å². The Morgan fingerprint density at radius 3 is 1.61 bits per heavy atom. The first-order valence-corrected chi connectivity index (χ1v) is 10.5. The zero-order valence-electron chi connectivity index (χ0n) is 17.4. The van der Waals surface area contributed by atoms with E-state index in [0.29, 0.717) is 19.8 Å². The molecule has 1 heterocycles. The van der Waals surface area contributed by atoms with Crippen LogP contribution < -0.4 is 0 Å². The second-order valence-corrected chi connectivity index (χ2v) is 7.61. The van der Waals surface area contributed by atoms with E-state index in [1.54, 1.807) is 6.21 Å². The van der Waals surface area contributed by atoms with Gasteiger partial charge in [0.1, 0.15) is 12.2 Å². The maximum atomic E-state index is 12.4. The van der Waals surface area contributed by atoms with Crippen molar-refractivity contribution in [2.45, 2.75) is 38.1 Å². The van der Waals surface area contributed by atoms with E-state index in [2.05, 4.69) is 0 Å². The van der Waals surface area contributed by atoms with Crippen molar-refractivity contribution in [3.05, 3.63) is 113 Å². The number of hydrogen-bond acceptors (Lipinski definition) is 4. The average Bonchev–Trinajstić information content (AvgIpc) is 2.82. The van der Waals surface area contributed by atoms with Crippen molar-refractivity contribution < 1.29 is 18.9 Å². The molecule has 1 aliphatic heterocycles. The molecule has 0 amide bonds. The quantitative estimate of drug-likeness (QED) is 0.384. The lowest BCUT2D eigenvalue weighted by Gasteiger charge is -2.33. The van der Waals surface area contributed by atoms with Crippen LogP contribution in [0.1, 0.15) is 16.7 Å². The lowest BCUT2D eigenvalue weighted by Crippen LogP contribution is -2.52. The summed E-state index contributed by atoms with van der Waals surface area (Å²) >= 11 is 0. The molecule has 31 heavy (non-hydrogen) atoms.